The van der Waals surface area contributed by atoms with Crippen LogP contribution in [0, 0.1) is 17.2 Å². The van der Waals surface area contributed by atoms with Crippen molar-refractivity contribution in [2.24, 2.45) is 5.92 Å². The molecule has 8 nitrogen and oxygen atoms in total. The molecule has 0 unspecified atom stereocenters. The SMILES string of the molecule is COc1cc(/C=C(/C#N)C(=O)Nc2nnc(CC(C)C)s2)ccc1OC(=O)c1ccc(Cl)cc1. The van der Waals surface area contributed by atoms with Crippen molar-refractivity contribution in [2.45, 2.75) is 20.3 Å². The molecule has 1 aromatic heterocycles. The van der Waals surface area contributed by atoms with E-state index in [2.05, 4.69) is 29.4 Å². The number of hydrogen-bond donors (Lipinski definition) is 1. The molecule has 1 amide bonds. The lowest BCUT2D eigenvalue weighted by Gasteiger charge is -2.10. The van der Waals surface area contributed by atoms with Gasteiger partial charge in [0.25, 0.3) is 5.91 Å². The molecular weight excluding hydrogens is 476 g/mol. The van der Waals surface area contributed by atoms with Crippen LogP contribution >= 0.6 is 22.9 Å². The number of benzene rings is 2. The molecule has 0 radical (unpaired) electrons. The summed E-state index contributed by atoms with van der Waals surface area (Å²) in [5.74, 6) is -0.323. The minimum atomic E-state index is -0.605. The number of methoxy groups -OCH3 is 1. The fourth-order valence-corrected chi connectivity index (χ4v) is 3.89. The van der Waals surface area contributed by atoms with E-state index in [-0.39, 0.29) is 17.1 Å². The summed E-state index contributed by atoms with van der Waals surface area (Å²) in [6, 6.07) is 12.8. The van der Waals surface area contributed by atoms with E-state index < -0.39 is 11.9 Å². The molecule has 0 aliphatic carbocycles. The number of nitrogens with one attached hydrogen (secondary N) is 1. The van der Waals surface area contributed by atoms with Crippen LogP contribution in [0.2, 0.25) is 5.02 Å². The number of esters is 1. The van der Waals surface area contributed by atoms with Gasteiger partial charge in [0.05, 0.1) is 12.7 Å². The molecule has 1 N–H and O–H groups in total. The molecule has 1 heterocycles. The monoisotopic (exact) mass is 496 g/mol. The van der Waals surface area contributed by atoms with Gasteiger partial charge < -0.3 is 9.47 Å². The molecule has 3 aromatic rings. The largest absolute Gasteiger partial charge is 0.493 e. The van der Waals surface area contributed by atoms with Crippen LogP contribution in [0.25, 0.3) is 6.08 Å². The summed E-state index contributed by atoms with van der Waals surface area (Å²) in [7, 11) is 1.42. The second-order valence-electron chi connectivity index (χ2n) is 7.53. The Kier molecular flexibility index (Phi) is 8.35. The third-order valence-corrected chi connectivity index (χ3v) is 5.53. The van der Waals surface area contributed by atoms with Gasteiger partial charge in [-0.2, -0.15) is 5.26 Å². The van der Waals surface area contributed by atoms with Crippen LogP contribution in [0.1, 0.15) is 34.8 Å². The first-order valence-electron chi connectivity index (χ1n) is 10.2. The smallest absolute Gasteiger partial charge is 0.343 e. The van der Waals surface area contributed by atoms with Crippen molar-refractivity contribution in [1.82, 2.24) is 10.2 Å². The van der Waals surface area contributed by atoms with E-state index >= 15 is 0 Å². The van der Waals surface area contributed by atoms with Gasteiger partial charge in [-0.05, 0) is 54.0 Å². The predicted octanol–water partition coefficient (Wildman–Crippen LogP) is 5.16. The second-order valence-corrected chi connectivity index (χ2v) is 9.03. The number of carbonyl (C=O) groups is 2. The van der Waals surface area contributed by atoms with Crippen molar-refractivity contribution < 1.29 is 19.1 Å². The van der Waals surface area contributed by atoms with E-state index in [4.69, 9.17) is 21.1 Å². The number of anilines is 1. The number of amides is 1. The van der Waals surface area contributed by atoms with Crippen LogP contribution in [0.5, 0.6) is 11.5 Å². The Balaban J connectivity index is 1.74. The normalized spacial score (nSPS) is 11.1. The third-order valence-electron chi connectivity index (χ3n) is 4.42. The first-order valence-corrected chi connectivity index (χ1v) is 11.4. The zero-order valence-corrected chi connectivity index (χ0v) is 20.2. The minimum absolute atomic E-state index is 0.131. The van der Waals surface area contributed by atoms with Gasteiger partial charge in [0, 0.05) is 11.4 Å². The van der Waals surface area contributed by atoms with Crippen molar-refractivity contribution in [3.05, 3.63) is 69.2 Å². The Morgan fingerprint density at radius 1 is 1.18 bits per heavy atom. The Morgan fingerprint density at radius 2 is 1.91 bits per heavy atom. The number of rotatable bonds is 8. The van der Waals surface area contributed by atoms with Crippen LogP contribution in [0.4, 0.5) is 5.13 Å². The maximum atomic E-state index is 12.6. The van der Waals surface area contributed by atoms with Crippen molar-refractivity contribution in [3.63, 3.8) is 0 Å². The molecule has 10 heteroatoms. The van der Waals surface area contributed by atoms with E-state index in [1.165, 1.54) is 30.6 Å². The first-order chi connectivity index (χ1) is 16.3. The van der Waals surface area contributed by atoms with Gasteiger partial charge in [0.1, 0.15) is 16.6 Å². The lowest BCUT2D eigenvalue weighted by atomic mass is 10.1. The zero-order chi connectivity index (χ0) is 24.7. The summed E-state index contributed by atoms with van der Waals surface area (Å²) >= 11 is 7.12. The standard InChI is InChI=1S/C24H21ClN4O4S/c1-14(2)10-21-28-29-24(34-21)27-22(30)17(13-26)11-15-4-9-19(20(12-15)32-3)33-23(31)16-5-7-18(25)8-6-16/h4-9,11-12,14H,10H2,1-3H3,(H,27,29,30)/b17-11-. The van der Waals surface area contributed by atoms with Crippen molar-refractivity contribution in [2.75, 3.05) is 12.4 Å². The predicted molar refractivity (Wildman–Crippen MR) is 130 cm³/mol. The highest BCUT2D eigenvalue weighted by molar-refractivity contribution is 7.15. The number of halogens is 1. The molecule has 0 atom stereocenters. The number of hydrogen-bond acceptors (Lipinski definition) is 8. The summed E-state index contributed by atoms with van der Waals surface area (Å²) in [4.78, 5) is 24.9. The first kappa shape index (κ1) is 24.9. The highest BCUT2D eigenvalue weighted by Crippen LogP contribution is 2.30. The molecule has 0 saturated carbocycles. The molecule has 0 aliphatic rings. The third kappa shape index (κ3) is 6.63. The molecule has 0 fully saturated rings. The van der Waals surface area contributed by atoms with Gasteiger partial charge in [-0.15, -0.1) is 10.2 Å². The van der Waals surface area contributed by atoms with Gasteiger partial charge in [0.2, 0.25) is 5.13 Å². The number of nitriles is 1. The van der Waals surface area contributed by atoms with Crippen LogP contribution < -0.4 is 14.8 Å². The van der Waals surface area contributed by atoms with Crippen LogP contribution in [0.15, 0.2) is 48.0 Å². The highest BCUT2D eigenvalue weighted by Gasteiger charge is 2.16. The Labute approximate surface area is 205 Å². The Bertz CT molecular complexity index is 1260. The molecule has 0 aliphatic heterocycles. The summed E-state index contributed by atoms with van der Waals surface area (Å²) in [6.45, 7) is 4.13. The Hall–Kier alpha value is -3.74. The number of ether oxygens (including phenoxy) is 2. The van der Waals surface area contributed by atoms with E-state index in [0.29, 0.717) is 27.2 Å². The number of carbonyl (C=O) groups excluding carboxylic acids is 2. The molecule has 0 spiro atoms. The Morgan fingerprint density at radius 3 is 2.56 bits per heavy atom. The number of nitrogens with zero attached hydrogens (tertiary/aromatic N) is 3. The van der Waals surface area contributed by atoms with Gasteiger partial charge >= 0.3 is 5.97 Å². The number of aromatic nitrogens is 2. The molecule has 34 heavy (non-hydrogen) atoms. The topological polar surface area (TPSA) is 114 Å². The van der Waals surface area contributed by atoms with E-state index in [1.54, 1.807) is 36.4 Å². The molecule has 0 saturated heterocycles. The summed E-state index contributed by atoms with van der Waals surface area (Å²) in [5.41, 5.74) is 0.702. The van der Waals surface area contributed by atoms with Crippen molar-refractivity contribution in [1.29, 1.82) is 5.26 Å². The summed E-state index contributed by atoms with van der Waals surface area (Å²) < 4.78 is 10.7. The van der Waals surface area contributed by atoms with E-state index in [1.807, 2.05) is 6.07 Å². The van der Waals surface area contributed by atoms with E-state index in [0.717, 1.165) is 11.4 Å². The summed E-state index contributed by atoms with van der Waals surface area (Å²) in [6.07, 6.45) is 2.15. The van der Waals surface area contributed by atoms with Gasteiger partial charge in [-0.1, -0.05) is 42.9 Å². The van der Waals surface area contributed by atoms with Gasteiger partial charge in [-0.25, -0.2) is 4.79 Å². The maximum absolute atomic E-state index is 12.6. The molecule has 2 aromatic carbocycles. The highest BCUT2D eigenvalue weighted by atomic mass is 35.5. The zero-order valence-electron chi connectivity index (χ0n) is 18.7. The summed E-state index contributed by atoms with van der Waals surface area (Å²) in [5, 5.41) is 21.7. The lowest BCUT2D eigenvalue weighted by Crippen LogP contribution is -2.13. The van der Waals surface area contributed by atoms with Crippen LogP contribution in [-0.4, -0.2) is 29.2 Å². The average molecular weight is 497 g/mol. The fourth-order valence-electron chi connectivity index (χ4n) is 2.82. The molecule has 174 valence electrons. The van der Waals surface area contributed by atoms with E-state index in [9.17, 15) is 14.9 Å². The quantitative estimate of drug-likeness (QED) is 0.198. The van der Waals surface area contributed by atoms with Gasteiger partial charge in [-0.3, -0.25) is 10.1 Å². The van der Waals surface area contributed by atoms with Crippen LogP contribution in [0.3, 0.4) is 0 Å². The second kappa shape index (κ2) is 11.4. The lowest BCUT2D eigenvalue weighted by molar-refractivity contribution is -0.112. The van der Waals surface area contributed by atoms with Crippen molar-refractivity contribution in [3.8, 4) is 17.6 Å². The fraction of sp³-hybridized carbons (Fsp3) is 0.208. The van der Waals surface area contributed by atoms with Crippen LogP contribution in [-0.2, 0) is 11.2 Å². The minimum Gasteiger partial charge on any atom is -0.493 e. The molecule has 3 rings (SSSR count). The van der Waals surface area contributed by atoms with Crippen molar-refractivity contribution >= 4 is 46.0 Å². The molecule has 0 bridgehead atoms. The average Bonchev–Trinajstić information content (AvgIpc) is 3.24. The molecular formula is C24H21ClN4O4S. The van der Waals surface area contributed by atoms with Gasteiger partial charge in [0.15, 0.2) is 11.5 Å². The maximum Gasteiger partial charge on any atom is 0.343 e.